The standard InChI is InChI=1S/C17H15N5O2/c1-2-17-16(12-18-21(17)14-6-4-3-5-7-14)20-19-13-8-10-15(11-9-13)22(23)24/h3-12H,2H2,1H3. The van der Waals surface area contributed by atoms with Gasteiger partial charge < -0.3 is 0 Å². The summed E-state index contributed by atoms with van der Waals surface area (Å²) in [6, 6.07) is 15.7. The zero-order valence-electron chi connectivity index (χ0n) is 13.0. The number of nitro groups is 1. The first-order valence-electron chi connectivity index (χ1n) is 7.47. The van der Waals surface area contributed by atoms with Gasteiger partial charge >= 0.3 is 0 Å². The highest BCUT2D eigenvalue weighted by atomic mass is 16.6. The summed E-state index contributed by atoms with van der Waals surface area (Å²) in [7, 11) is 0. The second kappa shape index (κ2) is 6.82. The van der Waals surface area contributed by atoms with Gasteiger partial charge in [0.05, 0.1) is 28.2 Å². The van der Waals surface area contributed by atoms with Crippen molar-refractivity contribution in [2.24, 2.45) is 10.2 Å². The SMILES string of the molecule is CCc1c(N=Nc2ccc([N+](=O)[O-])cc2)cnn1-c1ccccc1. The normalized spacial score (nSPS) is 11.0. The van der Waals surface area contributed by atoms with Crippen molar-refractivity contribution in [3.05, 3.63) is 76.6 Å². The van der Waals surface area contributed by atoms with E-state index in [2.05, 4.69) is 15.3 Å². The molecule has 0 saturated heterocycles. The zero-order chi connectivity index (χ0) is 16.9. The average molecular weight is 321 g/mol. The molecule has 0 unspecified atom stereocenters. The average Bonchev–Trinajstić information content (AvgIpc) is 3.04. The number of hydrogen-bond acceptors (Lipinski definition) is 5. The third kappa shape index (κ3) is 3.19. The third-order valence-electron chi connectivity index (χ3n) is 3.52. The summed E-state index contributed by atoms with van der Waals surface area (Å²) in [6.07, 6.45) is 2.42. The number of nitrogens with zero attached hydrogens (tertiary/aromatic N) is 5. The minimum atomic E-state index is -0.444. The van der Waals surface area contributed by atoms with Crippen molar-refractivity contribution in [2.75, 3.05) is 0 Å². The molecule has 0 aliphatic heterocycles. The summed E-state index contributed by atoms with van der Waals surface area (Å²) in [5.74, 6) is 0. The number of hydrogen-bond donors (Lipinski definition) is 0. The first kappa shape index (κ1) is 15.5. The van der Waals surface area contributed by atoms with Gasteiger partial charge in [-0.05, 0) is 30.7 Å². The summed E-state index contributed by atoms with van der Waals surface area (Å²) >= 11 is 0. The number of nitro benzene ring substituents is 1. The molecular weight excluding hydrogens is 306 g/mol. The Kier molecular flexibility index (Phi) is 4.42. The van der Waals surface area contributed by atoms with E-state index in [4.69, 9.17) is 0 Å². The van der Waals surface area contributed by atoms with E-state index >= 15 is 0 Å². The van der Waals surface area contributed by atoms with Crippen LogP contribution in [0.4, 0.5) is 17.1 Å². The Balaban J connectivity index is 1.87. The van der Waals surface area contributed by atoms with Crippen molar-refractivity contribution in [2.45, 2.75) is 13.3 Å². The number of aromatic nitrogens is 2. The van der Waals surface area contributed by atoms with Crippen LogP contribution in [0.2, 0.25) is 0 Å². The summed E-state index contributed by atoms with van der Waals surface area (Å²) in [5, 5.41) is 23.4. The van der Waals surface area contributed by atoms with Gasteiger partial charge in [0.25, 0.3) is 5.69 Å². The fourth-order valence-electron chi connectivity index (χ4n) is 2.32. The summed E-state index contributed by atoms with van der Waals surface area (Å²) in [6.45, 7) is 2.03. The van der Waals surface area contributed by atoms with Gasteiger partial charge in [-0.1, -0.05) is 25.1 Å². The van der Waals surface area contributed by atoms with Crippen LogP contribution >= 0.6 is 0 Å². The van der Waals surface area contributed by atoms with Crippen LogP contribution in [0.3, 0.4) is 0 Å². The molecule has 7 nitrogen and oxygen atoms in total. The molecule has 0 fully saturated rings. The van der Waals surface area contributed by atoms with Crippen molar-refractivity contribution in [1.29, 1.82) is 0 Å². The Bertz CT molecular complexity index is 870. The van der Waals surface area contributed by atoms with Crippen LogP contribution in [0.25, 0.3) is 5.69 Å². The molecule has 24 heavy (non-hydrogen) atoms. The van der Waals surface area contributed by atoms with Crippen molar-refractivity contribution >= 4 is 17.1 Å². The number of azo groups is 1. The summed E-state index contributed by atoms with van der Waals surface area (Å²) < 4.78 is 1.84. The Hall–Kier alpha value is -3.35. The number of para-hydroxylation sites is 1. The molecule has 0 aliphatic rings. The molecule has 3 aromatic rings. The van der Waals surface area contributed by atoms with E-state index in [0.717, 1.165) is 17.8 Å². The lowest BCUT2D eigenvalue weighted by molar-refractivity contribution is -0.384. The number of benzene rings is 2. The van der Waals surface area contributed by atoms with Crippen LogP contribution < -0.4 is 0 Å². The lowest BCUT2D eigenvalue weighted by Crippen LogP contribution is -2.00. The fraction of sp³-hybridized carbons (Fsp3) is 0.118. The Morgan fingerprint density at radius 1 is 1.08 bits per heavy atom. The van der Waals surface area contributed by atoms with Crippen LogP contribution in [0.5, 0.6) is 0 Å². The van der Waals surface area contributed by atoms with Crippen LogP contribution in [-0.2, 0) is 6.42 Å². The highest BCUT2D eigenvalue weighted by molar-refractivity contribution is 5.47. The Morgan fingerprint density at radius 2 is 1.79 bits per heavy atom. The van der Waals surface area contributed by atoms with Gasteiger partial charge in [-0.2, -0.15) is 10.2 Å². The molecule has 0 radical (unpaired) electrons. The largest absolute Gasteiger partial charge is 0.269 e. The van der Waals surface area contributed by atoms with Crippen LogP contribution in [0, 0.1) is 10.1 Å². The molecule has 0 bridgehead atoms. The molecule has 1 aromatic heterocycles. The molecule has 7 heteroatoms. The minimum Gasteiger partial charge on any atom is -0.258 e. The van der Waals surface area contributed by atoms with Crippen molar-refractivity contribution in [3.63, 3.8) is 0 Å². The van der Waals surface area contributed by atoms with Gasteiger partial charge in [0.15, 0.2) is 0 Å². The van der Waals surface area contributed by atoms with Gasteiger partial charge in [0.2, 0.25) is 0 Å². The smallest absolute Gasteiger partial charge is 0.258 e. The number of non-ortho nitro benzene ring substituents is 1. The topological polar surface area (TPSA) is 85.7 Å². The molecule has 0 spiro atoms. The summed E-state index contributed by atoms with van der Waals surface area (Å²) in [4.78, 5) is 10.2. The van der Waals surface area contributed by atoms with E-state index in [9.17, 15) is 10.1 Å². The van der Waals surface area contributed by atoms with Gasteiger partial charge in [-0.25, -0.2) is 4.68 Å². The molecule has 0 N–H and O–H groups in total. The first-order valence-corrected chi connectivity index (χ1v) is 7.47. The Labute approximate surface area is 138 Å². The van der Waals surface area contributed by atoms with E-state index in [-0.39, 0.29) is 5.69 Å². The molecule has 0 aliphatic carbocycles. The van der Waals surface area contributed by atoms with Gasteiger partial charge in [0, 0.05) is 12.1 Å². The number of rotatable bonds is 5. The molecule has 0 atom stereocenters. The lowest BCUT2D eigenvalue weighted by Gasteiger charge is -2.05. The van der Waals surface area contributed by atoms with E-state index in [1.54, 1.807) is 18.3 Å². The van der Waals surface area contributed by atoms with Crippen molar-refractivity contribution in [3.8, 4) is 5.69 Å². The summed E-state index contributed by atoms with van der Waals surface area (Å²) in [5.41, 5.74) is 3.17. The fourth-order valence-corrected chi connectivity index (χ4v) is 2.32. The predicted octanol–water partition coefficient (Wildman–Crippen LogP) is 4.76. The molecule has 3 rings (SSSR count). The maximum absolute atomic E-state index is 10.7. The second-order valence-corrected chi connectivity index (χ2v) is 5.05. The van der Waals surface area contributed by atoms with E-state index in [0.29, 0.717) is 11.4 Å². The molecule has 2 aromatic carbocycles. The Morgan fingerprint density at radius 3 is 2.42 bits per heavy atom. The molecule has 120 valence electrons. The highest BCUT2D eigenvalue weighted by Gasteiger charge is 2.10. The van der Waals surface area contributed by atoms with E-state index < -0.39 is 4.92 Å². The second-order valence-electron chi connectivity index (χ2n) is 5.05. The van der Waals surface area contributed by atoms with Crippen LogP contribution in [0.1, 0.15) is 12.6 Å². The van der Waals surface area contributed by atoms with Gasteiger partial charge in [0.1, 0.15) is 5.69 Å². The monoisotopic (exact) mass is 321 g/mol. The maximum Gasteiger partial charge on any atom is 0.269 e. The molecule has 0 amide bonds. The highest BCUT2D eigenvalue weighted by Crippen LogP contribution is 2.25. The van der Waals surface area contributed by atoms with Crippen LogP contribution in [-0.4, -0.2) is 14.7 Å². The predicted molar refractivity (Wildman–Crippen MR) is 90.2 cm³/mol. The van der Waals surface area contributed by atoms with Crippen molar-refractivity contribution in [1.82, 2.24) is 9.78 Å². The lowest BCUT2D eigenvalue weighted by atomic mass is 10.2. The van der Waals surface area contributed by atoms with E-state index in [1.807, 2.05) is 41.9 Å². The molecule has 1 heterocycles. The van der Waals surface area contributed by atoms with Gasteiger partial charge in [-0.3, -0.25) is 10.1 Å². The van der Waals surface area contributed by atoms with E-state index in [1.165, 1.54) is 12.1 Å². The third-order valence-corrected chi connectivity index (χ3v) is 3.52. The van der Waals surface area contributed by atoms with Gasteiger partial charge in [-0.15, -0.1) is 5.11 Å². The zero-order valence-corrected chi connectivity index (χ0v) is 13.0. The first-order chi connectivity index (χ1) is 11.7. The quantitative estimate of drug-likeness (QED) is 0.386. The maximum atomic E-state index is 10.7. The molecular formula is C17H15N5O2. The van der Waals surface area contributed by atoms with Crippen LogP contribution in [0.15, 0.2) is 71.0 Å². The molecule has 0 saturated carbocycles. The van der Waals surface area contributed by atoms with Crippen molar-refractivity contribution < 1.29 is 4.92 Å². The minimum absolute atomic E-state index is 0.0279.